The van der Waals surface area contributed by atoms with Gasteiger partial charge in [-0.15, -0.1) is 0 Å². The minimum absolute atomic E-state index is 0.00675. The van der Waals surface area contributed by atoms with Gasteiger partial charge in [-0.3, -0.25) is 4.79 Å². The van der Waals surface area contributed by atoms with Gasteiger partial charge in [0, 0.05) is 25.9 Å². The number of halogens is 1. The van der Waals surface area contributed by atoms with Gasteiger partial charge in [0.2, 0.25) is 0 Å². The first-order valence-electron chi connectivity index (χ1n) is 7.89. The Hall–Kier alpha value is -1.85. The zero-order chi connectivity index (χ0) is 16.2. The number of hydrogen-bond donors (Lipinski definition) is 0. The standard InChI is InChI=1S/C17H20ClN3O2/c1-2-23-14-6-5-9-20(12-14)17(22)13-10-19-21(11-13)16-8-4-3-7-15(16)18/h3-4,7-8,10-11,14H,2,5-6,9,12H2,1H3/t14-/m0/s1. The van der Waals surface area contributed by atoms with Crippen molar-refractivity contribution in [1.29, 1.82) is 0 Å². The first-order chi connectivity index (χ1) is 11.2. The van der Waals surface area contributed by atoms with Crippen LogP contribution in [0.5, 0.6) is 0 Å². The Morgan fingerprint density at radius 1 is 1.43 bits per heavy atom. The molecule has 1 amide bonds. The summed E-state index contributed by atoms with van der Waals surface area (Å²) in [6, 6.07) is 7.43. The van der Waals surface area contributed by atoms with Crippen LogP contribution < -0.4 is 0 Å². The molecule has 1 fully saturated rings. The Kier molecular flexibility index (Phi) is 4.98. The number of amides is 1. The van der Waals surface area contributed by atoms with Gasteiger partial charge >= 0.3 is 0 Å². The van der Waals surface area contributed by atoms with Crippen molar-refractivity contribution in [3.05, 3.63) is 47.2 Å². The van der Waals surface area contributed by atoms with Crippen molar-refractivity contribution in [2.45, 2.75) is 25.9 Å². The molecule has 0 bridgehead atoms. The van der Waals surface area contributed by atoms with Crippen molar-refractivity contribution in [3.8, 4) is 5.69 Å². The smallest absolute Gasteiger partial charge is 0.257 e. The molecule has 122 valence electrons. The van der Waals surface area contributed by atoms with Crippen molar-refractivity contribution in [2.24, 2.45) is 0 Å². The monoisotopic (exact) mass is 333 g/mol. The summed E-state index contributed by atoms with van der Waals surface area (Å²) in [6.07, 6.45) is 5.44. The second kappa shape index (κ2) is 7.15. The Balaban J connectivity index is 1.75. The molecule has 3 rings (SSSR count). The summed E-state index contributed by atoms with van der Waals surface area (Å²) in [5.74, 6) is -0.00675. The van der Waals surface area contributed by atoms with E-state index in [0.717, 1.165) is 25.1 Å². The fourth-order valence-corrected chi connectivity index (χ4v) is 3.10. The quantitative estimate of drug-likeness (QED) is 0.863. The molecule has 0 aliphatic carbocycles. The molecule has 0 unspecified atom stereocenters. The van der Waals surface area contributed by atoms with Gasteiger partial charge in [-0.2, -0.15) is 5.10 Å². The molecule has 23 heavy (non-hydrogen) atoms. The lowest BCUT2D eigenvalue weighted by Crippen LogP contribution is -2.43. The van der Waals surface area contributed by atoms with Crippen LogP contribution in [-0.4, -0.2) is 46.4 Å². The maximum Gasteiger partial charge on any atom is 0.257 e. The fraction of sp³-hybridized carbons (Fsp3) is 0.412. The van der Waals surface area contributed by atoms with Crippen molar-refractivity contribution >= 4 is 17.5 Å². The molecule has 0 saturated carbocycles. The summed E-state index contributed by atoms with van der Waals surface area (Å²) >= 11 is 6.18. The van der Waals surface area contributed by atoms with Crippen LogP contribution in [0, 0.1) is 0 Å². The summed E-state index contributed by atoms with van der Waals surface area (Å²) in [5.41, 5.74) is 1.33. The van der Waals surface area contributed by atoms with Crippen molar-refractivity contribution in [2.75, 3.05) is 19.7 Å². The molecule has 1 aliphatic rings. The summed E-state index contributed by atoms with van der Waals surface area (Å²) < 4.78 is 7.30. The van der Waals surface area contributed by atoms with E-state index in [-0.39, 0.29) is 12.0 Å². The van der Waals surface area contributed by atoms with Crippen LogP contribution in [0.15, 0.2) is 36.7 Å². The summed E-state index contributed by atoms with van der Waals surface area (Å²) in [5, 5.41) is 4.87. The molecule has 1 aromatic carbocycles. The highest BCUT2D eigenvalue weighted by molar-refractivity contribution is 6.32. The summed E-state index contributed by atoms with van der Waals surface area (Å²) in [4.78, 5) is 14.5. The highest BCUT2D eigenvalue weighted by atomic mass is 35.5. The van der Waals surface area contributed by atoms with Crippen molar-refractivity contribution < 1.29 is 9.53 Å². The van der Waals surface area contributed by atoms with Crippen LogP contribution in [0.1, 0.15) is 30.1 Å². The van der Waals surface area contributed by atoms with Gasteiger partial charge in [0.05, 0.1) is 28.6 Å². The molecule has 1 aromatic heterocycles. The van der Waals surface area contributed by atoms with Crippen LogP contribution >= 0.6 is 11.6 Å². The van der Waals surface area contributed by atoms with E-state index in [4.69, 9.17) is 16.3 Å². The molecule has 1 atom stereocenters. The summed E-state index contributed by atoms with van der Waals surface area (Å²) in [6.45, 7) is 4.06. The van der Waals surface area contributed by atoms with E-state index in [2.05, 4.69) is 5.10 Å². The number of nitrogens with zero attached hydrogens (tertiary/aromatic N) is 3. The molecule has 0 N–H and O–H groups in total. The molecule has 2 heterocycles. The van der Waals surface area contributed by atoms with Gasteiger partial charge in [0.1, 0.15) is 0 Å². The predicted molar refractivity (Wildman–Crippen MR) is 89.1 cm³/mol. The maximum atomic E-state index is 12.7. The normalized spacial score (nSPS) is 18.2. The van der Waals surface area contributed by atoms with Crippen LogP contribution in [0.3, 0.4) is 0 Å². The fourth-order valence-electron chi connectivity index (χ4n) is 2.88. The third-order valence-corrected chi connectivity index (χ3v) is 4.32. The number of carbonyl (C=O) groups excluding carboxylic acids is 1. The van der Waals surface area contributed by atoms with E-state index in [1.807, 2.05) is 30.0 Å². The Morgan fingerprint density at radius 3 is 3.04 bits per heavy atom. The van der Waals surface area contributed by atoms with E-state index in [1.54, 1.807) is 23.1 Å². The number of aromatic nitrogens is 2. The molecule has 2 aromatic rings. The van der Waals surface area contributed by atoms with E-state index >= 15 is 0 Å². The predicted octanol–water partition coefficient (Wildman–Crippen LogP) is 3.17. The number of hydrogen-bond acceptors (Lipinski definition) is 3. The molecule has 6 heteroatoms. The van der Waals surface area contributed by atoms with Crippen LogP contribution in [-0.2, 0) is 4.74 Å². The van der Waals surface area contributed by atoms with Crippen LogP contribution in [0.25, 0.3) is 5.69 Å². The van der Waals surface area contributed by atoms with E-state index in [9.17, 15) is 4.79 Å². The topological polar surface area (TPSA) is 47.4 Å². The SMILES string of the molecule is CCO[C@H]1CCCN(C(=O)c2cnn(-c3ccccc3Cl)c2)C1. The van der Waals surface area contributed by atoms with Gasteiger partial charge in [0.25, 0.3) is 5.91 Å². The maximum absolute atomic E-state index is 12.7. The van der Waals surface area contributed by atoms with E-state index < -0.39 is 0 Å². The minimum Gasteiger partial charge on any atom is -0.377 e. The van der Waals surface area contributed by atoms with Crippen molar-refractivity contribution in [1.82, 2.24) is 14.7 Å². The molecular weight excluding hydrogens is 314 g/mol. The third-order valence-electron chi connectivity index (χ3n) is 4.00. The summed E-state index contributed by atoms with van der Waals surface area (Å²) in [7, 11) is 0. The van der Waals surface area contributed by atoms with Gasteiger partial charge in [0.15, 0.2) is 0 Å². The molecule has 0 radical (unpaired) electrons. The number of rotatable bonds is 4. The lowest BCUT2D eigenvalue weighted by molar-refractivity contribution is 0.00724. The first-order valence-corrected chi connectivity index (χ1v) is 8.27. The lowest BCUT2D eigenvalue weighted by atomic mass is 10.1. The highest BCUT2D eigenvalue weighted by Gasteiger charge is 2.25. The largest absolute Gasteiger partial charge is 0.377 e. The zero-order valence-electron chi connectivity index (χ0n) is 13.1. The molecule has 0 spiro atoms. The molecule has 5 nitrogen and oxygen atoms in total. The zero-order valence-corrected chi connectivity index (χ0v) is 13.9. The second-order valence-corrected chi connectivity index (χ2v) is 6.00. The Labute approximate surface area is 140 Å². The number of para-hydroxylation sites is 1. The average molecular weight is 334 g/mol. The molecule has 1 aliphatic heterocycles. The van der Waals surface area contributed by atoms with Crippen molar-refractivity contribution in [3.63, 3.8) is 0 Å². The Bertz CT molecular complexity index is 684. The Morgan fingerprint density at radius 2 is 2.26 bits per heavy atom. The van der Waals surface area contributed by atoms with Crippen LogP contribution in [0.4, 0.5) is 0 Å². The number of piperidine rings is 1. The van der Waals surface area contributed by atoms with E-state index in [1.165, 1.54) is 0 Å². The first kappa shape index (κ1) is 16.0. The van der Waals surface area contributed by atoms with E-state index in [0.29, 0.717) is 23.7 Å². The lowest BCUT2D eigenvalue weighted by Gasteiger charge is -2.32. The second-order valence-electron chi connectivity index (χ2n) is 5.60. The van der Waals surface area contributed by atoms with Gasteiger partial charge in [-0.25, -0.2) is 4.68 Å². The van der Waals surface area contributed by atoms with Crippen LogP contribution in [0.2, 0.25) is 5.02 Å². The van der Waals surface area contributed by atoms with Gasteiger partial charge in [-0.05, 0) is 31.9 Å². The number of ether oxygens (including phenoxy) is 1. The number of likely N-dealkylation sites (tertiary alicyclic amines) is 1. The third kappa shape index (κ3) is 3.57. The average Bonchev–Trinajstić information content (AvgIpc) is 3.05. The van der Waals surface area contributed by atoms with Gasteiger partial charge < -0.3 is 9.64 Å². The molecule has 1 saturated heterocycles. The minimum atomic E-state index is -0.00675. The number of carbonyl (C=O) groups is 1. The molecular formula is C17H20ClN3O2. The van der Waals surface area contributed by atoms with Gasteiger partial charge in [-0.1, -0.05) is 23.7 Å². The number of benzene rings is 1. The highest BCUT2D eigenvalue weighted by Crippen LogP contribution is 2.20.